The van der Waals surface area contributed by atoms with Gasteiger partial charge in [0.15, 0.2) is 0 Å². The Balaban J connectivity index is 2.22. The summed E-state index contributed by atoms with van der Waals surface area (Å²) in [5.74, 6) is -0.477. The average molecular weight is 156 g/mol. The first-order valence-electron chi connectivity index (χ1n) is 3.84. The van der Waals surface area contributed by atoms with Crippen LogP contribution in [0.3, 0.4) is 0 Å². The van der Waals surface area contributed by atoms with Crippen LogP contribution in [0.4, 0.5) is 0 Å². The number of likely N-dealkylation sites (N-methyl/N-ethyl adjacent to an activating group) is 1. The van der Waals surface area contributed by atoms with E-state index in [0.717, 1.165) is 26.2 Å². The maximum atomic E-state index is 10.4. The molecule has 1 heterocycles. The van der Waals surface area contributed by atoms with Crippen LogP contribution in [0.15, 0.2) is 0 Å². The number of amides is 1. The predicted octanol–water partition coefficient (Wildman–Crippen LogP) is -0.957. The molecule has 1 aliphatic heterocycles. The Bertz CT molecular complexity index is 141. The highest BCUT2D eigenvalue weighted by molar-refractivity contribution is 5.75. The monoisotopic (exact) mass is 156 g/mol. The van der Waals surface area contributed by atoms with E-state index in [0.29, 0.717) is 6.54 Å². The molecule has 0 saturated carbocycles. The molecule has 0 aromatic heterocycles. The SMILES string of the molecule is CN1CCN(CC([NH])=O)CC1. The smallest absolute Gasteiger partial charge is 0.252 e. The lowest BCUT2D eigenvalue weighted by Gasteiger charge is -2.31. The molecule has 4 nitrogen and oxygen atoms in total. The van der Waals surface area contributed by atoms with E-state index in [1.54, 1.807) is 0 Å². The van der Waals surface area contributed by atoms with Gasteiger partial charge in [-0.3, -0.25) is 15.4 Å². The van der Waals surface area contributed by atoms with Crippen LogP contribution in [-0.2, 0) is 4.79 Å². The van der Waals surface area contributed by atoms with Gasteiger partial charge in [0, 0.05) is 26.2 Å². The number of rotatable bonds is 2. The fourth-order valence-electron chi connectivity index (χ4n) is 1.21. The first kappa shape index (κ1) is 8.49. The number of nitrogens with zero attached hydrogens (tertiary/aromatic N) is 2. The molecular weight excluding hydrogens is 142 g/mol. The summed E-state index contributed by atoms with van der Waals surface area (Å²) in [6, 6.07) is 0. The van der Waals surface area contributed by atoms with E-state index in [-0.39, 0.29) is 0 Å². The summed E-state index contributed by atoms with van der Waals surface area (Å²) in [4.78, 5) is 14.7. The number of piperazine rings is 1. The number of hydrogen-bond acceptors (Lipinski definition) is 3. The van der Waals surface area contributed by atoms with Crippen molar-refractivity contribution >= 4 is 5.91 Å². The Morgan fingerprint density at radius 3 is 2.36 bits per heavy atom. The zero-order valence-corrected chi connectivity index (χ0v) is 6.84. The van der Waals surface area contributed by atoms with Crippen molar-refractivity contribution < 1.29 is 4.79 Å². The molecule has 1 fully saturated rings. The van der Waals surface area contributed by atoms with Gasteiger partial charge in [0.05, 0.1) is 6.54 Å². The van der Waals surface area contributed by atoms with Gasteiger partial charge in [-0.1, -0.05) is 0 Å². The maximum Gasteiger partial charge on any atom is 0.252 e. The summed E-state index contributed by atoms with van der Waals surface area (Å²) >= 11 is 0. The fraction of sp³-hybridized carbons (Fsp3) is 0.857. The molecule has 0 aromatic carbocycles. The third-order valence-corrected chi connectivity index (χ3v) is 1.96. The van der Waals surface area contributed by atoms with Crippen LogP contribution in [0.1, 0.15) is 0 Å². The molecule has 11 heavy (non-hydrogen) atoms. The molecular formula is C7H14N3O. The van der Waals surface area contributed by atoms with E-state index in [1.807, 2.05) is 4.90 Å². The van der Waals surface area contributed by atoms with Crippen molar-refractivity contribution in [1.29, 1.82) is 0 Å². The molecule has 1 N–H and O–H groups in total. The van der Waals surface area contributed by atoms with Gasteiger partial charge in [-0.25, -0.2) is 0 Å². The molecule has 0 atom stereocenters. The first-order valence-corrected chi connectivity index (χ1v) is 3.84. The number of carbonyl (C=O) groups excluding carboxylic acids is 1. The van der Waals surface area contributed by atoms with Gasteiger partial charge in [-0.15, -0.1) is 0 Å². The standard InChI is InChI=1S/C7H14N3O/c1-9-2-4-10(5-3-9)6-7(8)11/h8H,2-6H2,1H3. The summed E-state index contributed by atoms with van der Waals surface area (Å²) < 4.78 is 0. The maximum absolute atomic E-state index is 10.4. The highest BCUT2D eigenvalue weighted by atomic mass is 16.1. The van der Waals surface area contributed by atoms with Crippen LogP contribution in [0, 0.1) is 0 Å². The van der Waals surface area contributed by atoms with Gasteiger partial charge < -0.3 is 4.90 Å². The summed E-state index contributed by atoms with van der Waals surface area (Å²) in [5, 5.41) is 0. The van der Waals surface area contributed by atoms with Crippen molar-refractivity contribution in [2.24, 2.45) is 0 Å². The van der Waals surface area contributed by atoms with Gasteiger partial charge in [0.2, 0.25) is 0 Å². The Morgan fingerprint density at radius 2 is 1.91 bits per heavy atom. The first-order chi connectivity index (χ1) is 5.18. The minimum Gasteiger partial charge on any atom is -0.304 e. The molecule has 0 aliphatic carbocycles. The third kappa shape index (κ3) is 2.86. The van der Waals surface area contributed by atoms with Crippen molar-refractivity contribution in [2.75, 3.05) is 39.8 Å². The van der Waals surface area contributed by atoms with Crippen molar-refractivity contribution in [3.63, 3.8) is 0 Å². The predicted molar refractivity (Wildman–Crippen MR) is 42.0 cm³/mol. The van der Waals surface area contributed by atoms with Gasteiger partial charge in [-0.05, 0) is 7.05 Å². The second-order valence-corrected chi connectivity index (χ2v) is 3.00. The third-order valence-electron chi connectivity index (χ3n) is 1.96. The zero-order chi connectivity index (χ0) is 8.27. The largest absolute Gasteiger partial charge is 0.304 e. The molecule has 1 rings (SSSR count). The van der Waals surface area contributed by atoms with E-state index in [2.05, 4.69) is 11.9 Å². The van der Waals surface area contributed by atoms with E-state index in [4.69, 9.17) is 5.73 Å². The van der Waals surface area contributed by atoms with E-state index >= 15 is 0 Å². The van der Waals surface area contributed by atoms with Crippen LogP contribution < -0.4 is 5.73 Å². The lowest BCUT2D eigenvalue weighted by atomic mass is 10.3. The van der Waals surface area contributed by atoms with E-state index < -0.39 is 5.91 Å². The normalized spacial score (nSPS) is 21.9. The Hall–Kier alpha value is -0.610. The van der Waals surface area contributed by atoms with E-state index in [9.17, 15) is 4.79 Å². The molecule has 0 unspecified atom stereocenters. The van der Waals surface area contributed by atoms with Gasteiger partial charge in [0.1, 0.15) is 0 Å². The number of nitrogens with one attached hydrogen (secondary N) is 1. The van der Waals surface area contributed by atoms with Crippen LogP contribution >= 0.6 is 0 Å². The molecule has 1 radical (unpaired) electrons. The van der Waals surface area contributed by atoms with Crippen LogP contribution in [0.2, 0.25) is 0 Å². The molecule has 1 amide bonds. The van der Waals surface area contributed by atoms with Gasteiger partial charge in [-0.2, -0.15) is 0 Å². The zero-order valence-electron chi connectivity index (χ0n) is 6.84. The molecule has 1 saturated heterocycles. The minimum absolute atomic E-state index is 0.299. The summed E-state index contributed by atoms with van der Waals surface area (Å²) in [6.07, 6.45) is 0. The summed E-state index contributed by atoms with van der Waals surface area (Å²) in [6.45, 7) is 4.15. The Labute approximate surface area is 66.9 Å². The Kier molecular flexibility index (Phi) is 2.84. The molecule has 0 aromatic rings. The van der Waals surface area contributed by atoms with Crippen molar-refractivity contribution in [1.82, 2.24) is 15.5 Å². The lowest BCUT2D eigenvalue weighted by Crippen LogP contribution is -2.46. The topological polar surface area (TPSA) is 47.4 Å². The van der Waals surface area contributed by atoms with Gasteiger partial charge in [0.25, 0.3) is 5.91 Å². The minimum atomic E-state index is -0.477. The molecule has 4 heteroatoms. The quantitative estimate of drug-likeness (QED) is 0.517. The van der Waals surface area contributed by atoms with E-state index in [1.165, 1.54) is 0 Å². The second kappa shape index (κ2) is 3.69. The van der Waals surface area contributed by atoms with Crippen molar-refractivity contribution in [3.05, 3.63) is 0 Å². The highest BCUT2D eigenvalue weighted by Gasteiger charge is 2.14. The summed E-state index contributed by atoms with van der Waals surface area (Å²) in [7, 11) is 2.07. The van der Waals surface area contributed by atoms with Crippen molar-refractivity contribution in [3.8, 4) is 0 Å². The summed E-state index contributed by atoms with van der Waals surface area (Å²) in [5.41, 5.74) is 6.77. The fourth-order valence-corrected chi connectivity index (χ4v) is 1.21. The number of carbonyl (C=O) groups is 1. The Morgan fingerprint density at radius 1 is 1.36 bits per heavy atom. The highest BCUT2D eigenvalue weighted by Crippen LogP contribution is 1.97. The molecule has 63 valence electrons. The molecule has 0 spiro atoms. The van der Waals surface area contributed by atoms with Crippen LogP contribution in [-0.4, -0.2) is 55.5 Å². The average Bonchev–Trinajstić information content (AvgIpc) is 1.93. The second-order valence-electron chi connectivity index (χ2n) is 3.00. The van der Waals surface area contributed by atoms with Gasteiger partial charge >= 0.3 is 0 Å². The molecule has 1 aliphatic rings. The van der Waals surface area contributed by atoms with Crippen LogP contribution in [0.25, 0.3) is 0 Å². The number of hydrogen-bond donors (Lipinski definition) is 0. The van der Waals surface area contributed by atoms with Crippen LogP contribution in [0.5, 0.6) is 0 Å². The van der Waals surface area contributed by atoms with Crippen molar-refractivity contribution in [2.45, 2.75) is 0 Å². The lowest BCUT2D eigenvalue weighted by molar-refractivity contribution is -0.120. The molecule has 0 bridgehead atoms.